The first-order valence-electron chi connectivity index (χ1n) is 8.51. The summed E-state index contributed by atoms with van der Waals surface area (Å²) in [6.45, 7) is 4.25. The summed E-state index contributed by atoms with van der Waals surface area (Å²) in [6.07, 6.45) is 4.01. The minimum atomic E-state index is -0.565. The second-order valence-electron chi connectivity index (χ2n) is 6.65. The molecule has 1 aliphatic carbocycles. The fourth-order valence-corrected chi connectivity index (χ4v) is 3.33. The van der Waals surface area contributed by atoms with Gasteiger partial charge in [0.05, 0.1) is 12.7 Å². The van der Waals surface area contributed by atoms with Gasteiger partial charge in [0.1, 0.15) is 5.75 Å². The van der Waals surface area contributed by atoms with Crippen LogP contribution in [-0.2, 0) is 4.74 Å². The maximum Gasteiger partial charge on any atom is 0.338 e. The number of ether oxygens (including phenoxy) is 1. The van der Waals surface area contributed by atoms with Crippen LogP contribution in [0.2, 0.25) is 0 Å². The molecular formula is C18H24N2O4. The van der Waals surface area contributed by atoms with Crippen molar-refractivity contribution in [2.45, 2.75) is 19.3 Å². The minimum Gasteiger partial charge on any atom is -0.508 e. The number of phenols is 1. The minimum absolute atomic E-state index is 0.107. The second-order valence-corrected chi connectivity index (χ2v) is 6.65. The van der Waals surface area contributed by atoms with Gasteiger partial charge in [-0.05, 0) is 37.0 Å². The third kappa shape index (κ3) is 3.70. The van der Waals surface area contributed by atoms with Crippen molar-refractivity contribution in [1.82, 2.24) is 9.80 Å². The molecule has 1 aliphatic heterocycles. The number of methoxy groups -OCH3 is 1. The fraction of sp³-hybridized carbons (Fsp3) is 0.556. The maximum atomic E-state index is 12.7. The number of carbonyl (C=O) groups excluding carboxylic acids is 2. The van der Waals surface area contributed by atoms with E-state index in [1.165, 1.54) is 44.6 Å². The number of aromatic hydroxyl groups is 1. The lowest BCUT2D eigenvalue weighted by Gasteiger charge is -2.38. The van der Waals surface area contributed by atoms with Crippen LogP contribution in [0.4, 0.5) is 0 Å². The van der Waals surface area contributed by atoms with Crippen LogP contribution in [0, 0.1) is 5.92 Å². The Hall–Kier alpha value is -2.08. The first kappa shape index (κ1) is 16.8. The van der Waals surface area contributed by atoms with Crippen molar-refractivity contribution in [3.05, 3.63) is 29.3 Å². The van der Waals surface area contributed by atoms with Crippen LogP contribution in [0.25, 0.3) is 0 Å². The number of carbonyl (C=O) groups is 2. The standard InChI is InChI=1S/C18H24N2O4/c1-24-18(23)15-9-14(10-16(21)11-15)17(22)20-7-5-19(6-8-20)12-13-3-2-4-13/h9-11,13,21H,2-8,12H2,1H3. The van der Waals surface area contributed by atoms with Crippen molar-refractivity contribution < 1.29 is 19.4 Å². The number of phenolic OH excluding ortho intramolecular Hbond substituents is 1. The lowest BCUT2D eigenvalue weighted by Crippen LogP contribution is -2.50. The lowest BCUT2D eigenvalue weighted by molar-refractivity contribution is 0.0590. The average Bonchev–Trinajstić information content (AvgIpc) is 2.56. The molecule has 0 radical (unpaired) electrons. The summed E-state index contributed by atoms with van der Waals surface area (Å²) in [6, 6.07) is 4.18. The number of nitrogens with zero attached hydrogens (tertiary/aromatic N) is 2. The molecule has 2 fully saturated rings. The zero-order valence-corrected chi connectivity index (χ0v) is 14.0. The average molecular weight is 332 g/mol. The Morgan fingerprint density at radius 2 is 1.79 bits per heavy atom. The number of hydrogen-bond acceptors (Lipinski definition) is 5. The van der Waals surface area contributed by atoms with Crippen molar-refractivity contribution in [1.29, 1.82) is 0 Å². The van der Waals surface area contributed by atoms with Crippen molar-refractivity contribution in [2.75, 3.05) is 39.8 Å². The number of benzene rings is 1. The Bertz CT molecular complexity index is 619. The van der Waals surface area contributed by atoms with Gasteiger partial charge in [-0.25, -0.2) is 4.79 Å². The molecule has 3 rings (SSSR count). The molecule has 6 heteroatoms. The van der Waals surface area contributed by atoms with Gasteiger partial charge in [0.15, 0.2) is 0 Å². The predicted molar refractivity (Wildman–Crippen MR) is 89.1 cm³/mol. The monoisotopic (exact) mass is 332 g/mol. The first-order chi connectivity index (χ1) is 11.6. The Labute approximate surface area is 142 Å². The predicted octanol–water partition coefficient (Wildman–Crippen LogP) is 1.74. The lowest BCUT2D eigenvalue weighted by atomic mass is 9.85. The molecule has 1 aromatic carbocycles. The van der Waals surface area contributed by atoms with Crippen LogP contribution < -0.4 is 0 Å². The van der Waals surface area contributed by atoms with E-state index in [0.29, 0.717) is 18.7 Å². The van der Waals surface area contributed by atoms with E-state index in [1.807, 2.05) is 0 Å². The Morgan fingerprint density at radius 3 is 2.38 bits per heavy atom. The first-order valence-corrected chi connectivity index (χ1v) is 8.51. The summed E-state index contributed by atoms with van der Waals surface area (Å²) < 4.78 is 4.66. The topological polar surface area (TPSA) is 70.1 Å². The molecule has 0 atom stereocenters. The van der Waals surface area contributed by atoms with Gasteiger partial charge in [-0.2, -0.15) is 0 Å². The quantitative estimate of drug-likeness (QED) is 0.851. The zero-order valence-electron chi connectivity index (χ0n) is 14.0. The molecule has 1 aromatic rings. The van der Waals surface area contributed by atoms with Crippen LogP contribution in [0.15, 0.2) is 18.2 Å². The van der Waals surface area contributed by atoms with Crippen LogP contribution in [-0.4, -0.2) is 66.6 Å². The van der Waals surface area contributed by atoms with Crippen molar-refractivity contribution in [3.63, 3.8) is 0 Å². The van der Waals surface area contributed by atoms with Gasteiger partial charge in [0, 0.05) is 38.3 Å². The van der Waals surface area contributed by atoms with Gasteiger partial charge in [0.2, 0.25) is 0 Å². The van der Waals surface area contributed by atoms with Gasteiger partial charge < -0.3 is 14.7 Å². The molecule has 1 amide bonds. The second kappa shape index (κ2) is 7.21. The molecule has 1 saturated heterocycles. The normalized spacial score (nSPS) is 19.0. The largest absolute Gasteiger partial charge is 0.508 e. The molecule has 0 unspecified atom stereocenters. The van der Waals surface area contributed by atoms with E-state index in [1.54, 1.807) is 4.90 Å². The molecular weight excluding hydrogens is 308 g/mol. The molecule has 2 aliphatic rings. The summed E-state index contributed by atoms with van der Waals surface area (Å²) in [4.78, 5) is 28.5. The highest BCUT2D eigenvalue weighted by molar-refractivity contribution is 5.98. The summed E-state index contributed by atoms with van der Waals surface area (Å²) >= 11 is 0. The van der Waals surface area contributed by atoms with Crippen molar-refractivity contribution in [3.8, 4) is 5.75 Å². The molecule has 1 heterocycles. The van der Waals surface area contributed by atoms with E-state index < -0.39 is 5.97 Å². The van der Waals surface area contributed by atoms with Gasteiger partial charge in [-0.1, -0.05) is 6.42 Å². The van der Waals surface area contributed by atoms with Crippen LogP contribution in [0.3, 0.4) is 0 Å². The van der Waals surface area contributed by atoms with Gasteiger partial charge in [-0.3, -0.25) is 9.69 Å². The zero-order chi connectivity index (χ0) is 17.1. The fourth-order valence-electron chi connectivity index (χ4n) is 3.33. The molecule has 0 aromatic heterocycles. The summed E-state index contributed by atoms with van der Waals surface area (Å²) in [5.74, 6) is 0.00965. The molecule has 24 heavy (non-hydrogen) atoms. The maximum absolute atomic E-state index is 12.7. The molecule has 0 bridgehead atoms. The number of piperazine rings is 1. The van der Waals surface area contributed by atoms with Crippen molar-refractivity contribution in [2.24, 2.45) is 5.92 Å². The van der Waals surface area contributed by atoms with E-state index in [0.717, 1.165) is 25.6 Å². The molecule has 1 N–H and O–H groups in total. The third-order valence-electron chi connectivity index (χ3n) is 4.99. The van der Waals surface area contributed by atoms with Gasteiger partial charge in [-0.15, -0.1) is 0 Å². The summed E-state index contributed by atoms with van der Waals surface area (Å²) in [5.41, 5.74) is 0.507. The van der Waals surface area contributed by atoms with E-state index in [4.69, 9.17) is 0 Å². The van der Waals surface area contributed by atoms with E-state index in [2.05, 4.69) is 9.64 Å². The Morgan fingerprint density at radius 1 is 1.12 bits per heavy atom. The molecule has 0 spiro atoms. The van der Waals surface area contributed by atoms with Crippen LogP contribution in [0.1, 0.15) is 40.0 Å². The highest BCUT2D eigenvalue weighted by Gasteiger charge is 2.26. The third-order valence-corrected chi connectivity index (χ3v) is 4.99. The Kier molecular flexibility index (Phi) is 5.04. The number of rotatable bonds is 4. The SMILES string of the molecule is COC(=O)c1cc(O)cc(C(=O)N2CCN(CC3CCC3)CC2)c1. The number of amides is 1. The van der Waals surface area contributed by atoms with Gasteiger partial charge in [0.25, 0.3) is 5.91 Å². The van der Waals surface area contributed by atoms with E-state index >= 15 is 0 Å². The number of hydrogen-bond donors (Lipinski definition) is 1. The highest BCUT2D eigenvalue weighted by Crippen LogP contribution is 2.27. The smallest absolute Gasteiger partial charge is 0.338 e. The Balaban J connectivity index is 1.62. The van der Waals surface area contributed by atoms with Gasteiger partial charge >= 0.3 is 5.97 Å². The molecule has 1 saturated carbocycles. The molecule has 130 valence electrons. The summed E-state index contributed by atoms with van der Waals surface area (Å²) in [7, 11) is 1.27. The van der Waals surface area contributed by atoms with Crippen molar-refractivity contribution >= 4 is 11.9 Å². The summed E-state index contributed by atoms with van der Waals surface area (Å²) in [5, 5.41) is 9.77. The highest BCUT2D eigenvalue weighted by atomic mass is 16.5. The van der Waals surface area contributed by atoms with E-state index in [-0.39, 0.29) is 17.2 Å². The van der Waals surface area contributed by atoms with Crippen LogP contribution >= 0.6 is 0 Å². The van der Waals surface area contributed by atoms with E-state index in [9.17, 15) is 14.7 Å². The van der Waals surface area contributed by atoms with Crippen LogP contribution in [0.5, 0.6) is 5.75 Å². The number of esters is 1. The molecule has 6 nitrogen and oxygen atoms in total.